The molecule has 5 atom stereocenters. The Morgan fingerprint density at radius 1 is 1.25 bits per heavy atom. The summed E-state index contributed by atoms with van der Waals surface area (Å²) in [7, 11) is 4.67. The van der Waals surface area contributed by atoms with Gasteiger partial charge in [-0.15, -0.1) is 0 Å². The average molecular weight is 556 g/mol. The first-order valence-corrected chi connectivity index (χ1v) is 13.7. The van der Waals surface area contributed by atoms with E-state index in [0.717, 1.165) is 31.4 Å². The van der Waals surface area contributed by atoms with E-state index in [4.69, 9.17) is 10.5 Å². The van der Waals surface area contributed by atoms with E-state index < -0.39 is 58.0 Å². The Morgan fingerprint density at radius 2 is 1.95 bits per heavy atom. The molecular formula is C29H37N3O8. The number of aliphatic hydroxyl groups is 3. The second kappa shape index (κ2) is 9.90. The number of hydrogen-bond donors (Lipinski definition) is 5. The van der Waals surface area contributed by atoms with Gasteiger partial charge in [-0.2, -0.15) is 0 Å². The summed E-state index contributed by atoms with van der Waals surface area (Å²) in [5.74, 6) is -6.19. The predicted molar refractivity (Wildman–Crippen MR) is 145 cm³/mol. The molecule has 1 saturated heterocycles. The molecule has 6 N–H and O–H groups in total. The van der Waals surface area contributed by atoms with E-state index >= 15 is 0 Å². The van der Waals surface area contributed by atoms with E-state index in [2.05, 4.69) is 11.8 Å². The van der Waals surface area contributed by atoms with Gasteiger partial charge in [0.05, 0.1) is 18.7 Å². The third kappa shape index (κ3) is 3.86. The van der Waals surface area contributed by atoms with Gasteiger partial charge in [0, 0.05) is 35.2 Å². The van der Waals surface area contributed by atoms with Crippen LogP contribution in [0.2, 0.25) is 0 Å². The number of fused-ring (bicyclic) bond motifs is 3. The number of ether oxygens (including phenoxy) is 1. The highest BCUT2D eigenvalue weighted by atomic mass is 16.5. The lowest BCUT2D eigenvalue weighted by atomic mass is 9.57. The second-order valence-corrected chi connectivity index (χ2v) is 11.6. The number of methoxy groups -OCH3 is 1. The van der Waals surface area contributed by atoms with Crippen LogP contribution in [0.1, 0.15) is 49.3 Å². The fourth-order valence-electron chi connectivity index (χ4n) is 7.51. The number of nitrogens with zero attached hydrogens (tertiary/aromatic N) is 2. The minimum absolute atomic E-state index is 0.0317. The number of likely N-dealkylation sites (N-methyl/N-ethyl adjacent to an activating group) is 1. The molecule has 1 aromatic rings. The van der Waals surface area contributed by atoms with Crippen molar-refractivity contribution in [2.24, 2.45) is 17.6 Å². The van der Waals surface area contributed by atoms with E-state index in [1.165, 1.54) is 18.1 Å². The molecule has 0 bridgehead atoms. The van der Waals surface area contributed by atoms with Gasteiger partial charge in [0.2, 0.25) is 5.78 Å². The first-order chi connectivity index (χ1) is 18.9. The lowest BCUT2D eigenvalue weighted by Crippen LogP contribution is -2.65. The maximum Gasteiger partial charge on any atom is 0.255 e. The molecule has 0 radical (unpaired) electrons. The van der Waals surface area contributed by atoms with Crippen molar-refractivity contribution in [3.63, 3.8) is 0 Å². The highest BCUT2D eigenvalue weighted by Crippen LogP contribution is 2.54. The van der Waals surface area contributed by atoms with E-state index in [1.807, 2.05) is 0 Å². The van der Waals surface area contributed by atoms with Gasteiger partial charge in [0.1, 0.15) is 28.6 Å². The first kappa shape index (κ1) is 28.1. The first-order valence-electron chi connectivity index (χ1n) is 13.7. The quantitative estimate of drug-likeness (QED) is 0.322. The number of rotatable bonds is 6. The molecule has 1 saturated carbocycles. The van der Waals surface area contributed by atoms with Crippen LogP contribution >= 0.6 is 0 Å². The fourth-order valence-corrected chi connectivity index (χ4v) is 7.51. The molecule has 11 nitrogen and oxygen atoms in total. The lowest BCUT2D eigenvalue weighted by molar-refractivity contribution is -0.153. The molecule has 5 rings (SSSR count). The molecule has 1 aliphatic heterocycles. The zero-order chi connectivity index (χ0) is 29.3. The van der Waals surface area contributed by atoms with Crippen molar-refractivity contribution >= 4 is 23.2 Å². The van der Waals surface area contributed by atoms with Crippen molar-refractivity contribution in [3.05, 3.63) is 39.7 Å². The minimum atomic E-state index is -2.66. The number of nitrogens with two attached hydrogens (primary N) is 1. The van der Waals surface area contributed by atoms with Crippen LogP contribution in [0, 0.1) is 11.8 Å². The smallest absolute Gasteiger partial charge is 0.255 e. The van der Waals surface area contributed by atoms with Gasteiger partial charge in [-0.3, -0.25) is 24.2 Å². The predicted octanol–water partition coefficient (Wildman–Crippen LogP) is 1.35. The lowest BCUT2D eigenvalue weighted by Gasteiger charge is -2.50. The summed E-state index contributed by atoms with van der Waals surface area (Å²) in [6, 6.07) is 0.837. The van der Waals surface area contributed by atoms with Crippen molar-refractivity contribution in [2.75, 3.05) is 27.7 Å². The number of primary amides is 1. The average Bonchev–Trinajstić information content (AvgIpc) is 3.33. The third-order valence-corrected chi connectivity index (χ3v) is 9.30. The minimum Gasteiger partial charge on any atom is -0.508 e. The van der Waals surface area contributed by atoms with E-state index in [0.29, 0.717) is 23.9 Å². The Kier molecular flexibility index (Phi) is 6.96. The van der Waals surface area contributed by atoms with Crippen molar-refractivity contribution < 1.29 is 39.5 Å². The molecule has 216 valence electrons. The van der Waals surface area contributed by atoms with Crippen molar-refractivity contribution in [1.29, 1.82) is 0 Å². The molecular weight excluding hydrogens is 518 g/mol. The number of carbonyl (C=O) groups is 3. The summed E-state index contributed by atoms with van der Waals surface area (Å²) in [6.07, 6.45) is 3.41. The summed E-state index contributed by atoms with van der Waals surface area (Å²) in [5, 5.41) is 45.2. The molecule has 1 aromatic carbocycles. The van der Waals surface area contributed by atoms with Crippen LogP contribution in [0.3, 0.4) is 0 Å². The molecule has 4 aliphatic rings. The fraction of sp³-hybridized carbons (Fsp3) is 0.552. The van der Waals surface area contributed by atoms with Crippen LogP contribution in [0.15, 0.2) is 23.0 Å². The summed E-state index contributed by atoms with van der Waals surface area (Å²) in [4.78, 5) is 43.2. The van der Waals surface area contributed by atoms with Crippen LogP contribution in [0.25, 0.3) is 5.76 Å². The number of aliphatic hydroxyl groups excluding tert-OH is 2. The number of hydrogen-bond acceptors (Lipinski definition) is 10. The number of ketones is 2. The number of Topliss-reactive ketones (excluding diaryl/α,β-unsaturated/α-hetero) is 2. The molecule has 11 heteroatoms. The molecule has 1 amide bonds. The highest BCUT2D eigenvalue weighted by molar-refractivity contribution is 6.24. The number of phenols is 1. The number of amides is 1. The Bertz CT molecular complexity index is 1370. The monoisotopic (exact) mass is 555 g/mol. The number of aromatic hydroxyl groups is 1. The zero-order valence-corrected chi connectivity index (χ0v) is 23.2. The van der Waals surface area contributed by atoms with Gasteiger partial charge < -0.3 is 30.9 Å². The molecule has 1 unspecified atom stereocenters. The van der Waals surface area contributed by atoms with Crippen LogP contribution in [0.5, 0.6) is 11.5 Å². The molecule has 40 heavy (non-hydrogen) atoms. The van der Waals surface area contributed by atoms with Gasteiger partial charge in [0.15, 0.2) is 11.4 Å². The Labute approximate surface area is 232 Å². The van der Waals surface area contributed by atoms with Gasteiger partial charge in [-0.05, 0) is 64.7 Å². The number of benzene rings is 1. The zero-order valence-electron chi connectivity index (χ0n) is 23.2. The number of likely N-dealkylation sites (tertiary alicyclic amines) is 1. The largest absolute Gasteiger partial charge is 0.508 e. The standard InChI is InChI=1S/C29H37N3O8/c1-5-15-7-6-8-32(15)12-14-11-18(33)20-16(25(14)40-4)9-13-10-17-22(31(2)3)24(35)21(28(30)38)27(37)29(17,39)26(36)19(13)23(20)34/h11,13,15,17,22,33-34,37,39H,5-10,12H2,1-4H3,(H2,30,38)/t13-,15?,17-,22-,29-/m0/s1. The SMILES string of the molecule is CCC1CCCN1Cc1cc(O)c2c(c1OC)C[C@H]1C[C@H]3[C@H](N(C)C)C(=O)C(C(N)=O)=C(O)[C@@]3(O)C(=O)C1=C2O. The summed E-state index contributed by atoms with van der Waals surface area (Å²) >= 11 is 0. The van der Waals surface area contributed by atoms with Gasteiger partial charge in [-0.25, -0.2) is 0 Å². The Morgan fingerprint density at radius 3 is 2.55 bits per heavy atom. The van der Waals surface area contributed by atoms with Crippen LogP contribution in [-0.2, 0) is 27.3 Å². The molecule has 0 spiro atoms. The van der Waals surface area contributed by atoms with E-state index in [1.54, 1.807) is 14.1 Å². The normalized spacial score (nSPS) is 30.4. The molecule has 2 fully saturated rings. The maximum atomic E-state index is 14.0. The summed E-state index contributed by atoms with van der Waals surface area (Å²) in [6.45, 7) is 3.63. The summed E-state index contributed by atoms with van der Waals surface area (Å²) < 4.78 is 5.83. The number of carbonyl (C=O) groups excluding carboxylic acids is 3. The van der Waals surface area contributed by atoms with Crippen LogP contribution < -0.4 is 10.5 Å². The maximum absolute atomic E-state index is 14.0. The Balaban J connectivity index is 1.66. The molecule has 1 heterocycles. The Hall–Kier alpha value is -3.41. The molecule has 0 aromatic heterocycles. The van der Waals surface area contributed by atoms with Crippen LogP contribution in [-0.4, -0.2) is 93.1 Å². The van der Waals surface area contributed by atoms with E-state index in [9.17, 15) is 34.8 Å². The van der Waals surface area contributed by atoms with Crippen molar-refractivity contribution in [1.82, 2.24) is 9.80 Å². The second-order valence-electron chi connectivity index (χ2n) is 11.6. The van der Waals surface area contributed by atoms with E-state index in [-0.39, 0.29) is 29.7 Å². The van der Waals surface area contributed by atoms with Gasteiger partial charge in [-0.1, -0.05) is 6.92 Å². The summed E-state index contributed by atoms with van der Waals surface area (Å²) in [5.41, 5.74) is 3.04. The van der Waals surface area contributed by atoms with Gasteiger partial charge in [0.25, 0.3) is 5.91 Å². The molecule has 3 aliphatic carbocycles. The number of phenolic OH excluding ortho intramolecular Hbond substituents is 1. The van der Waals surface area contributed by atoms with Crippen molar-refractivity contribution in [3.8, 4) is 11.5 Å². The highest BCUT2D eigenvalue weighted by Gasteiger charge is 2.64. The van der Waals surface area contributed by atoms with Crippen molar-refractivity contribution in [2.45, 2.75) is 63.3 Å². The third-order valence-electron chi connectivity index (χ3n) is 9.30. The van der Waals surface area contributed by atoms with Gasteiger partial charge >= 0.3 is 0 Å². The van der Waals surface area contributed by atoms with Crippen LogP contribution in [0.4, 0.5) is 0 Å². The topological polar surface area (TPSA) is 174 Å².